The maximum absolute atomic E-state index is 4.55. The molecule has 0 amide bonds. The first-order valence-electron chi connectivity index (χ1n) is 7.17. The Morgan fingerprint density at radius 2 is 1.79 bits per heavy atom. The number of hydrogen-bond acceptors (Lipinski definition) is 5. The SMILES string of the molecule is SCC1(CN2CCN(c3ncccn3)CC2)CCC1. The Morgan fingerprint density at radius 3 is 2.32 bits per heavy atom. The van der Waals surface area contributed by atoms with Gasteiger partial charge in [-0.1, -0.05) is 6.42 Å². The molecule has 2 heterocycles. The number of thiol groups is 1. The number of anilines is 1. The average molecular weight is 278 g/mol. The Bertz CT molecular complexity index is 394. The van der Waals surface area contributed by atoms with E-state index in [1.807, 2.05) is 18.5 Å². The molecule has 104 valence electrons. The van der Waals surface area contributed by atoms with Crippen LogP contribution in [0.2, 0.25) is 0 Å². The molecular weight excluding hydrogens is 256 g/mol. The number of rotatable bonds is 4. The van der Waals surface area contributed by atoms with Crippen molar-refractivity contribution in [3.05, 3.63) is 18.5 Å². The highest BCUT2D eigenvalue weighted by Crippen LogP contribution is 2.42. The van der Waals surface area contributed by atoms with Gasteiger partial charge in [0.2, 0.25) is 5.95 Å². The second-order valence-corrected chi connectivity index (χ2v) is 6.14. The van der Waals surface area contributed by atoms with Crippen molar-refractivity contribution in [3.63, 3.8) is 0 Å². The molecule has 2 fully saturated rings. The molecule has 0 radical (unpaired) electrons. The van der Waals surface area contributed by atoms with E-state index in [1.54, 1.807) is 0 Å². The summed E-state index contributed by atoms with van der Waals surface area (Å²) >= 11 is 4.55. The second kappa shape index (κ2) is 5.67. The van der Waals surface area contributed by atoms with Gasteiger partial charge in [-0.3, -0.25) is 4.90 Å². The standard InChI is InChI=1S/C14H22N4S/c19-12-14(3-1-4-14)11-17-7-9-18(10-8-17)13-15-5-2-6-16-13/h2,5-6,19H,1,3-4,7-12H2. The fourth-order valence-corrected chi connectivity index (χ4v) is 3.49. The van der Waals surface area contributed by atoms with Crippen LogP contribution in [0.4, 0.5) is 5.95 Å². The van der Waals surface area contributed by atoms with E-state index in [9.17, 15) is 0 Å². The highest BCUT2D eigenvalue weighted by atomic mass is 32.1. The van der Waals surface area contributed by atoms with Crippen molar-refractivity contribution in [1.82, 2.24) is 14.9 Å². The Balaban J connectivity index is 1.52. The third-order valence-corrected chi connectivity index (χ3v) is 5.19. The summed E-state index contributed by atoms with van der Waals surface area (Å²) in [5.74, 6) is 1.91. The molecule has 0 unspecified atom stereocenters. The van der Waals surface area contributed by atoms with Gasteiger partial charge in [0.1, 0.15) is 0 Å². The Morgan fingerprint density at radius 1 is 1.11 bits per heavy atom. The van der Waals surface area contributed by atoms with E-state index in [-0.39, 0.29) is 0 Å². The quantitative estimate of drug-likeness (QED) is 0.850. The minimum atomic E-state index is 0.508. The van der Waals surface area contributed by atoms with Crippen LogP contribution in [0.25, 0.3) is 0 Å². The molecule has 0 atom stereocenters. The zero-order chi connectivity index (χ0) is 13.1. The Hall–Kier alpha value is -0.810. The minimum Gasteiger partial charge on any atom is -0.338 e. The molecular formula is C14H22N4S. The highest BCUT2D eigenvalue weighted by Gasteiger charge is 2.37. The molecule has 5 heteroatoms. The fraction of sp³-hybridized carbons (Fsp3) is 0.714. The van der Waals surface area contributed by atoms with E-state index < -0.39 is 0 Å². The van der Waals surface area contributed by atoms with Gasteiger partial charge >= 0.3 is 0 Å². The summed E-state index contributed by atoms with van der Waals surface area (Å²) in [5, 5.41) is 0. The lowest BCUT2D eigenvalue weighted by Crippen LogP contribution is -2.52. The first kappa shape index (κ1) is 13.2. The van der Waals surface area contributed by atoms with Gasteiger partial charge in [0.25, 0.3) is 0 Å². The highest BCUT2D eigenvalue weighted by molar-refractivity contribution is 7.80. The van der Waals surface area contributed by atoms with Crippen LogP contribution in [0, 0.1) is 5.41 Å². The van der Waals surface area contributed by atoms with Crippen LogP contribution in [0.3, 0.4) is 0 Å². The minimum absolute atomic E-state index is 0.508. The molecule has 0 bridgehead atoms. The molecule has 4 nitrogen and oxygen atoms in total. The molecule has 1 saturated carbocycles. The molecule has 1 aliphatic carbocycles. The molecule has 1 aromatic rings. The molecule has 3 rings (SSSR count). The molecule has 1 aliphatic heterocycles. The van der Waals surface area contributed by atoms with Crippen LogP contribution in [0.1, 0.15) is 19.3 Å². The first-order chi connectivity index (χ1) is 9.31. The summed E-state index contributed by atoms with van der Waals surface area (Å²) < 4.78 is 0. The fourth-order valence-electron chi connectivity index (χ4n) is 3.08. The zero-order valence-electron chi connectivity index (χ0n) is 11.3. The molecule has 0 aromatic carbocycles. The smallest absolute Gasteiger partial charge is 0.225 e. The topological polar surface area (TPSA) is 32.3 Å². The molecule has 2 aliphatic rings. The van der Waals surface area contributed by atoms with Crippen LogP contribution in [-0.4, -0.2) is 53.3 Å². The van der Waals surface area contributed by atoms with Crippen molar-refractivity contribution in [2.24, 2.45) is 5.41 Å². The summed E-state index contributed by atoms with van der Waals surface area (Å²) in [6.45, 7) is 5.53. The maximum Gasteiger partial charge on any atom is 0.225 e. The van der Waals surface area contributed by atoms with Gasteiger partial charge in [-0.05, 0) is 30.1 Å². The van der Waals surface area contributed by atoms with E-state index in [0.717, 1.165) is 37.9 Å². The van der Waals surface area contributed by atoms with Crippen molar-refractivity contribution in [2.75, 3.05) is 43.4 Å². The molecule has 1 aromatic heterocycles. The maximum atomic E-state index is 4.55. The van der Waals surface area contributed by atoms with Crippen LogP contribution in [0.15, 0.2) is 18.5 Å². The van der Waals surface area contributed by atoms with E-state index in [4.69, 9.17) is 0 Å². The molecule has 0 spiro atoms. The third-order valence-electron chi connectivity index (χ3n) is 4.52. The van der Waals surface area contributed by atoms with E-state index in [2.05, 4.69) is 32.4 Å². The lowest BCUT2D eigenvalue weighted by Gasteiger charge is -2.46. The van der Waals surface area contributed by atoms with Gasteiger partial charge in [0, 0.05) is 45.1 Å². The lowest BCUT2D eigenvalue weighted by atomic mass is 9.70. The average Bonchev–Trinajstić information content (AvgIpc) is 2.45. The van der Waals surface area contributed by atoms with Crippen molar-refractivity contribution < 1.29 is 0 Å². The van der Waals surface area contributed by atoms with Crippen LogP contribution in [0.5, 0.6) is 0 Å². The van der Waals surface area contributed by atoms with Crippen molar-refractivity contribution in [2.45, 2.75) is 19.3 Å². The number of nitrogens with zero attached hydrogens (tertiary/aromatic N) is 4. The summed E-state index contributed by atoms with van der Waals surface area (Å²) in [4.78, 5) is 13.5. The summed E-state index contributed by atoms with van der Waals surface area (Å²) in [6, 6.07) is 1.87. The van der Waals surface area contributed by atoms with Crippen LogP contribution < -0.4 is 4.90 Å². The van der Waals surface area contributed by atoms with Crippen molar-refractivity contribution >= 4 is 18.6 Å². The number of aromatic nitrogens is 2. The van der Waals surface area contributed by atoms with Crippen LogP contribution >= 0.6 is 12.6 Å². The van der Waals surface area contributed by atoms with Gasteiger partial charge in [0.15, 0.2) is 0 Å². The predicted molar refractivity (Wildman–Crippen MR) is 80.8 cm³/mol. The van der Waals surface area contributed by atoms with E-state index in [0.29, 0.717) is 5.41 Å². The normalized spacial score (nSPS) is 23.1. The van der Waals surface area contributed by atoms with Gasteiger partial charge < -0.3 is 4.90 Å². The number of hydrogen-bond donors (Lipinski definition) is 1. The van der Waals surface area contributed by atoms with E-state index >= 15 is 0 Å². The Labute approximate surface area is 120 Å². The summed E-state index contributed by atoms with van der Waals surface area (Å²) in [6.07, 6.45) is 7.74. The van der Waals surface area contributed by atoms with Gasteiger partial charge in [-0.15, -0.1) is 0 Å². The third kappa shape index (κ3) is 2.87. The van der Waals surface area contributed by atoms with Gasteiger partial charge in [-0.2, -0.15) is 12.6 Å². The van der Waals surface area contributed by atoms with Crippen LogP contribution in [-0.2, 0) is 0 Å². The monoisotopic (exact) mass is 278 g/mol. The molecule has 0 N–H and O–H groups in total. The molecule has 19 heavy (non-hydrogen) atoms. The lowest BCUT2D eigenvalue weighted by molar-refractivity contribution is 0.0867. The zero-order valence-corrected chi connectivity index (χ0v) is 12.2. The number of piperazine rings is 1. The van der Waals surface area contributed by atoms with Crippen molar-refractivity contribution in [3.8, 4) is 0 Å². The second-order valence-electron chi connectivity index (χ2n) is 5.82. The van der Waals surface area contributed by atoms with Gasteiger partial charge in [-0.25, -0.2) is 9.97 Å². The Kier molecular flexibility index (Phi) is 3.93. The summed E-state index contributed by atoms with van der Waals surface area (Å²) in [5.41, 5.74) is 0.508. The first-order valence-corrected chi connectivity index (χ1v) is 7.80. The summed E-state index contributed by atoms with van der Waals surface area (Å²) in [7, 11) is 0. The van der Waals surface area contributed by atoms with Gasteiger partial charge in [0.05, 0.1) is 0 Å². The predicted octanol–water partition coefficient (Wildman–Crippen LogP) is 1.70. The van der Waals surface area contributed by atoms with Crippen molar-refractivity contribution in [1.29, 1.82) is 0 Å². The van der Waals surface area contributed by atoms with E-state index in [1.165, 1.54) is 25.8 Å². The molecule has 1 saturated heterocycles. The largest absolute Gasteiger partial charge is 0.338 e.